The Hall–Kier alpha value is -1.21. The monoisotopic (exact) mass is 560 g/mol. The summed E-state index contributed by atoms with van der Waals surface area (Å²) >= 11 is 0. The Bertz CT molecular complexity index is 846. The number of nitrogens with one attached hydrogen (secondary N) is 1. The van der Waals surface area contributed by atoms with Gasteiger partial charge in [0.1, 0.15) is 12.1 Å². The maximum atomic E-state index is 13.5. The predicted octanol–water partition coefficient (Wildman–Crippen LogP) is 3.20. The number of hydrogen-bond donors (Lipinski definition) is 4. The zero-order valence-corrected chi connectivity index (χ0v) is 25.2. The van der Waals surface area contributed by atoms with E-state index < -0.39 is 24.2 Å². The highest BCUT2D eigenvalue weighted by atomic mass is 16.7. The Morgan fingerprint density at radius 2 is 1.85 bits per heavy atom. The van der Waals surface area contributed by atoms with E-state index in [1.165, 1.54) is 51.4 Å². The second kappa shape index (κ2) is 15.3. The number of nitrogens with zero attached hydrogens (tertiary/aromatic N) is 2. The molecule has 5 N–H and O–H groups in total. The first-order valence-electron chi connectivity index (χ1n) is 16.3. The fourth-order valence-electron chi connectivity index (χ4n) is 7.64. The average Bonchev–Trinajstić information content (AvgIpc) is 3.34. The molecule has 1 aliphatic heterocycles. The molecule has 0 bridgehead atoms. The number of amides is 1. The van der Waals surface area contributed by atoms with Crippen LogP contribution in [0.3, 0.4) is 0 Å². The lowest BCUT2D eigenvalue weighted by molar-refractivity contribution is -0.183. The highest BCUT2D eigenvalue weighted by Crippen LogP contribution is 2.36. The number of hydroxylamine groups is 2. The third-order valence-electron chi connectivity index (χ3n) is 10.1. The Kier molecular flexibility index (Phi) is 12.1. The van der Waals surface area contributed by atoms with Crippen molar-refractivity contribution in [2.45, 2.75) is 133 Å². The van der Waals surface area contributed by atoms with Crippen LogP contribution in [0, 0.1) is 29.6 Å². The van der Waals surface area contributed by atoms with Crippen molar-refractivity contribution in [3.8, 4) is 11.8 Å². The molecule has 0 spiro atoms. The molecule has 1 amide bonds. The van der Waals surface area contributed by atoms with Crippen LogP contribution in [0.2, 0.25) is 0 Å². The molecule has 4 rings (SSSR count). The number of nitrogens with two attached hydrogens (primary N) is 1. The quantitative estimate of drug-likeness (QED) is 0.240. The normalized spacial score (nSPS) is 32.4. The van der Waals surface area contributed by atoms with Crippen LogP contribution in [0.5, 0.6) is 0 Å². The molecular weight excluding hydrogens is 504 g/mol. The minimum absolute atomic E-state index is 0.114. The topological polar surface area (TPSA) is 111 Å². The van der Waals surface area contributed by atoms with Crippen molar-refractivity contribution >= 4 is 5.91 Å². The average molecular weight is 561 g/mol. The molecule has 4 fully saturated rings. The molecule has 8 heteroatoms. The van der Waals surface area contributed by atoms with E-state index in [4.69, 9.17) is 10.6 Å². The van der Waals surface area contributed by atoms with Crippen molar-refractivity contribution in [2.75, 3.05) is 33.3 Å². The Morgan fingerprint density at radius 1 is 1.12 bits per heavy atom. The van der Waals surface area contributed by atoms with Gasteiger partial charge in [0.25, 0.3) is 0 Å². The summed E-state index contributed by atoms with van der Waals surface area (Å²) in [6, 6.07) is 0.0457. The van der Waals surface area contributed by atoms with E-state index in [0.29, 0.717) is 31.0 Å². The van der Waals surface area contributed by atoms with E-state index in [1.807, 2.05) is 0 Å². The standard InChI is InChI=1S/C32H56N4O4/c1-24(38)29-28(23-37)40-36(30(29)31(39)34-19-10-20-35(2)27-13-5-3-6-14-27)22-26-12-9-11-25(21-26)15-18-32(33)16-7-4-8-17-32/h24-30,37-38H,3-14,16-17,19-23,33H2,1-2H3,(H,34,39)/t24-,25?,26?,28-,29+,30-/m0/s1. The van der Waals surface area contributed by atoms with Crippen molar-refractivity contribution in [3.63, 3.8) is 0 Å². The zero-order valence-electron chi connectivity index (χ0n) is 25.2. The van der Waals surface area contributed by atoms with E-state index in [0.717, 1.165) is 51.5 Å². The summed E-state index contributed by atoms with van der Waals surface area (Å²) in [5.74, 6) is 7.07. The number of rotatable bonds is 10. The smallest absolute Gasteiger partial charge is 0.240 e. The van der Waals surface area contributed by atoms with Crippen molar-refractivity contribution in [2.24, 2.45) is 23.5 Å². The van der Waals surface area contributed by atoms with Crippen LogP contribution in [0.25, 0.3) is 0 Å². The fraction of sp³-hybridized carbons (Fsp3) is 0.906. The van der Waals surface area contributed by atoms with Gasteiger partial charge in [-0.2, -0.15) is 5.06 Å². The summed E-state index contributed by atoms with van der Waals surface area (Å²) in [5, 5.41) is 25.6. The largest absolute Gasteiger partial charge is 0.394 e. The molecule has 4 aliphatic rings. The number of carbonyl (C=O) groups excluding carboxylic acids is 1. The van der Waals surface area contributed by atoms with Gasteiger partial charge in [0, 0.05) is 31.0 Å². The van der Waals surface area contributed by atoms with Gasteiger partial charge in [-0.15, -0.1) is 0 Å². The zero-order chi connectivity index (χ0) is 28.5. The van der Waals surface area contributed by atoms with Crippen LogP contribution in [-0.2, 0) is 9.63 Å². The molecule has 0 aromatic rings. The van der Waals surface area contributed by atoms with Gasteiger partial charge in [-0.25, -0.2) is 0 Å². The number of aliphatic hydroxyl groups excluding tert-OH is 2. The molecule has 1 saturated heterocycles. The molecule has 0 radical (unpaired) electrons. The minimum atomic E-state index is -0.767. The van der Waals surface area contributed by atoms with E-state index in [-0.39, 0.29) is 18.1 Å². The summed E-state index contributed by atoms with van der Waals surface area (Å²) in [5.41, 5.74) is 6.25. The van der Waals surface area contributed by atoms with E-state index in [1.54, 1.807) is 12.0 Å². The molecular formula is C32H56N4O4. The fourth-order valence-corrected chi connectivity index (χ4v) is 7.64. The molecule has 3 aliphatic carbocycles. The van der Waals surface area contributed by atoms with Crippen LogP contribution in [-0.4, -0.2) is 89.2 Å². The van der Waals surface area contributed by atoms with Gasteiger partial charge < -0.3 is 26.2 Å². The molecule has 3 saturated carbocycles. The van der Waals surface area contributed by atoms with Gasteiger partial charge in [-0.3, -0.25) is 9.63 Å². The molecule has 228 valence electrons. The van der Waals surface area contributed by atoms with Crippen LogP contribution in [0.1, 0.15) is 103 Å². The Morgan fingerprint density at radius 3 is 2.55 bits per heavy atom. The minimum Gasteiger partial charge on any atom is -0.394 e. The molecule has 0 aromatic carbocycles. The number of hydrogen-bond acceptors (Lipinski definition) is 7. The van der Waals surface area contributed by atoms with Crippen molar-refractivity contribution in [1.82, 2.24) is 15.3 Å². The lowest BCUT2D eigenvalue weighted by atomic mass is 9.79. The first-order chi connectivity index (χ1) is 19.3. The maximum Gasteiger partial charge on any atom is 0.240 e. The number of aliphatic hydroxyl groups is 2. The number of carbonyl (C=O) groups is 1. The lowest BCUT2D eigenvalue weighted by Gasteiger charge is -2.33. The first kappa shape index (κ1) is 31.7. The second-order valence-corrected chi connectivity index (χ2v) is 13.3. The summed E-state index contributed by atoms with van der Waals surface area (Å²) in [6.07, 6.45) is 15.9. The third-order valence-corrected chi connectivity index (χ3v) is 10.1. The van der Waals surface area contributed by atoms with Crippen molar-refractivity contribution in [1.29, 1.82) is 0 Å². The second-order valence-electron chi connectivity index (χ2n) is 13.3. The highest BCUT2D eigenvalue weighted by molar-refractivity contribution is 5.82. The molecule has 40 heavy (non-hydrogen) atoms. The maximum absolute atomic E-state index is 13.5. The Balaban J connectivity index is 1.32. The van der Waals surface area contributed by atoms with E-state index >= 15 is 0 Å². The molecule has 2 unspecified atom stereocenters. The van der Waals surface area contributed by atoms with Crippen LogP contribution in [0.4, 0.5) is 0 Å². The van der Waals surface area contributed by atoms with Crippen LogP contribution >= 0.6 is 0 Å². The van der Waals surface area contributed by atoms with Gasteiger partial charge in [0.05, 0.1) is 18.2 Å². The van der Waals surface area contributed by atoms with Crippen molar-refractivity contribution < 1.29 is 19.8 Å². The SMILES string of the molecule is C[C@H](O)[C@@H]1[C@H](CO)ON(CC2CCCC(C#CC3(N)CCCCC3)C2)[C@@H]1C(=O)NCCCN(C)C1CCCCC1. The van der Waals surface area contributed by atoms with Crippen molar-refractivity contribution in [3.05, 3.63) is 0 Å². The molecule has 1 heterocycles. The van der Waals surface area contributed by atoms with Gasteiger partial charge >= 0.3 is 0 Å². The lowest BCUT2D eigenvalue weighted by Crippen LogP contribution is -2.50. The summed E-state index contributed by atoms with van der Waals surface area (Å²) < 4.78 is 0. The summed E-state index contributed by atoms with van der Waals surface area (Å²) in [4.78, 5) is 22.1. The molecule has 8 nitrogen and oxygen atoms in total. The van der Waals surface area contributed by atoms with E-state index in [9.17, 15) is 15.0 Å². The molecule has 0 aromatic heterocycles. The van der Waals surface area contributed by atoms with Gasteiger partial charge in [0.15, 0.2) is 0 Å². The van der Waals surface area contributed by atoms with Crippen LogP contribution < -0.4 is 11.1 Å². The highest BCUT2D eigenvalue weighted by Gasteiger charge is 2.49. The molecule has 6 atom stereocenters. The van der Waals surface area contributed by atoms with Gasteiger partial charge in [0.2, 0.25) is 5.91 Å². The predicted molar refractivity (Wildman–Crippen MR) is 158 cm³/mol. The Labute approximate surface area is 242 Å². The van der Waals surface area contributed by atoms with Gasteiger partial charge in [-0.05, 0) is 77.8 Å². The summed E-state index contributed by atoms with van der Waals surface area (Å²) in [7, 11) is 2.20. The first-order valence-corrected chi connectivity index (χ1v) is 16.3. The van der Waals surface area contributed by atoms with E-state index in [2.05, 4.69) is 29.1 Å². The van der Waals surface area contributed by atoms with Gasteiger partial charge in [-0.1, -0.05) is 56.8 Å². The third kappa shape index (κ3) is 8.65. The summed E-state index contributed by atoms with van der Waals surface area (Å²) in [6.45, 7) is 3.63. The van der Waals surface area contributed by atoms with Crippen LogP contribution in [0.15, 0.2) is 0 Å².